The highest BCUT2D eigenvalue weighted by Crippen LogP contribution is 2.16. The number of nitrogens with one attached hydrogen (secondary N) is 2. The molecule has 0 saturated heterocycles. The Kier molecular flexibility index (Phi) is 7.75. The molecule has 1 aromatic rings. The predicted molar refractivity (Wildman–Crippen MR) is 94.3 cm³/mol. The molecule has 0 atom stereocenters. The number of hydrogen-bond donors (Lipinski definition) is 2. The summed E-state index contributed by atoms with van der Waals surface area (Å²) in [5.74, 6) is 0.917. The zero-order chi connectivity index (χ0) is 15.7. The lowest BCUT2D eigenvalue weighted by Crippen LogP contribution is -2.40. The maximum atomic E-state index is 4.73. The van der Waals surface area contributed by atoms with Gasteiger partial charge in [-0.15, -0.1) is 11.3 Å². The summed E-state index contributed by atoms with van der Waals surface area (Å²) in [6.45, 7) is 10.3. The summed E-state index contributed by atoms with van der Waals surface area (Å²) < 4.78 is 0. The minimum Gasteiger partial charge on any atom is -0.357 e. The van der Waals surface area contributed by atoms with Crippen molar-refractivity contribution in [2.45, 2.75) is 27.2 Å². The predicted octanol–water partition coefficient (Wildman–Crippen LogP) is 2.43. The smallest absolute Gasteiger partial charge is 0.191 e. The van der Waals surface area contributed by atoms with Gasteiger partial charge in [0, 0.05) is 31.1 Å². The summed E-state index contributed by atoms with van der Waals surface area (Å²) in [4.78, 5) is 8.35. The molecule has 0 saturated carbocycles. The number of rotatable bonds is 8. The molecule has 120 valence electrons. The van der Waals surface area contributed by atoms with E-state index in [0.717, 1.165) is 38.6 Å². The van der Waals surface area contributed by atoms with Crippen LogP contribution < -0.4 is 10.6 Å². The Labute approximate surface area is 133 Å². The van der Waals surface area contributed by atoms with Gasteiger partial charge in [-0.05, 0) is 44.3 Å². The van der Waals surface area contributed by atoms with Crippen LogP contribution in [0.1, 0.15) is 25.6 Å². The normalized spacial score (nSPS) is 12.8. The van der Waals surface area contributed by atoms with Gasteiger partial charge >= 0.3 is 0 Å². The standard InChI is InChI=1S/C16H30N4S/c1-6-17-15(18-10-9-14-8-7-11-21-14)19-12-16(2,3)13-20(4)5/h7-8,11H,6,9-10,12-13H2,1-5H3,(H2,17,18,19). The zero-order valence-corrected chi connectivity index (χ0v) is 14.9. The minimum atomic E-state index is 0.180. The second kappa shape index (κ2) is 9.05. The van der Waals surface area contributed by atoms with Crippen LogP contribution in [-0.2, 0) is 6.42 Å². The van der Waals surface area contributed by atoms with Gasteiger partial charge in [0.15, 0.2) is 5.96 Å². The Morgan fingerprint density at radius 3 is 2.67 bits per heavy atom. The van der Waals surface area contributed by atoms with Gasteiger partial charge < -0.3 is 15.5 Å². The molecule has 4 nitrogen and oxygen atoms in total. The summed E-state index contributed by atoms with van der Waals surface area (Å²) in [6, 6.07) is 4.28. The first-order valence-electron chi connectivity index (χ1n) is 7.62. The maximum Gasteiger partial charge on any atom is 0.191 e. The summed E-state index contributed by atoms with van der Waals surface area (Å²) in [6.07, 6.45) is 1.04. The Morgan fingerprint density at radius 1 is 1.33 bits per heavy atom. The van der Waals surface area contributed by atoms with E-state index in [1.807, 2.05) is 0 Å². The summed E-state index contributed by atoms with van der Waals surface area (Å²) in [5, 5.41) is 8.86. The largest absolute Gasteiger partial charge is 0.357 e. The van der Waals surface area contributed by atoms with Crippen LogP contribution in [0.25, 0.3) is 0 Å². The molecular formula is C16H30N4S. The maximum absolute atomic E-state index is 4.73. The second-order valence-corrected chi connectivity index (χ2v) is 7.39. The molecule has 0 bridgehead atoms. The van der Waals surface area contributed by atoms with Gasteiger partial charge in [0.05, 0.1) is 0 Å². The topological polar surface area (TPSA) is 39.7 Å². The van der Waals surface area contributed by atoms with Gasteiger partial charge in [-0.1, -0.05) is 19.9 Å². The Morgan fingerprint density at radius 2 is 2.10 bits per heavy atom. The number of thiophene rings is 1. The van der Waals surface area contributed by atoms with Crippen LogP contribution in [0.4, 0.5) is 0 Å². The fourth-order valence-electron chi connectivity index (χ4n) is 2.30. The molecule has 1 aromatic heterocycles. The first-order valence-corrected chi connectivity index (χ1v) is 8.50. The van der Waals surface area contributed by atoms with E-state index in [1.54, 1.807) is 11.3 Å². The fourth-order valence-corrected chi connectivity index (χ4v) is 3.01. The molecule has 0 spiro atoms. The van der Waals surface area contributed by atoms with Gasteiger partial charge in [0.25, 0.3) is 0 Å². The van der Waals surface area contributed by atoms with Crippen LogP contribution in [0.15, 0.2) is 22.5 Å². The molecule has 2 N–H and O–H groups in total. The van der Waals surface area contributed by atoms with Crippen LogP contribution in [0.3, 0.4) is 0 Å². The van der Waals surface area contributed by atoms with Gasteiger partial charge in [-0.3, -0.25) is 4.99 Å². The monoisotopic (exact) mass is 310 g/mol. The number of guanidine groups is 1. The summed E-state index contributed by atoms with van der Waals surface area (Å²) in [5.41, 5.74) is 0.180. The molecular weight excluding hydrogens is 280 g/mol. The molecule has 0 radical (unpaired) electrons. The van der Waals surface area contributed by atoms with E-state index in [9.17, 15) is 0 Å². The van der Waals surface area contributed by atoms with Crippen LogP contribution in [0.2, 0.25) is 0 Å². The molecule has 1 heterocycles. The Hall–Kier alpha value is -1.07. The Balaban J connectivity index is 2.45. The van der Waals surface area contributed by atoms with Crippen molar-refractivity contribution in [3.63, 3.8) is 0 Å². The molecule has 0 aliphatic heterocycles. The average Bonchev–Trinajstić information content (AvgIpc) is 2.87. The van der Waals surface area contributed by atoms with Crippen molar-refractivity contribution in [2.24, 2.45) is 10.4 Å². The van der Waals surface area contributed by atoms with E-state index in [1.165, 1.54) is 4.88 Å². The van der Waals surface area contributed by atoms with Crippen LogP contribution in [0.5, 0.6) is 0 Å². The molecule has 1 rings (SSSR count). The molecule has 0 fully saturated rings. The summed E-state index contributed by atoms with van der Waals surface area (Å²) >= 11 is 1.81. The lowest BCUT2D eigenvalue weighted by molar-refractivity contribution is 0.248. The second-order valence-electron chi connectivity index (χ2n) is 6.35. The summed E-state index contributed by atoms with van der Waals surface area (Å²) in [7, 11) is 4.21. The van der Waals surface area contributed by atoms with Crippen molar-refractivity contribution in [1.82, 2.24) is 15.5 Å². The van der Waals surface area contributed by atoms with Crippen molar-refractivity contribution in [3.05, 3.63) is 22.4 Å². The SMILES string of the molecule is CCNC(=NCC(C)(C)CN(C)C)NCCc1cccs1. The van der Waals surface area contributed by atoms with Crippen molar-refractivity contribution in [3.8, 4) is 0 Å². The van der Waals surface area contributed by atoms with E-state index >= 15 is 0 Å². The highest BCUT2D eigenvalue weighted by molar-refractivity contribution is 7.09. The third-order valence-electron chi connectivity index (χ3n) is 3.00. The van der Waals surface area contributed by atoms with Gasteiger partial charge in [-0.25, -0.2) is 0 Å². The first kappa shape index (κ1) is 18.0. The molecule has 0 aliphatic rings. The van der Waals surface area contributed by atoms with Gasteiger partial charge in [0.1, 0.15) is 0 Å². The van der Waals surface area contributed by atoms with E-state index in [-0.39, 0.29) is 5.41 Å². The molecule has 5 heteroatoms. The molecule has 0 amide bonds. The highest BCUT2D eigenvalue weighted by atomic mass is 32.1. The third-order valence-corrected chi connectivity index (χ3v) is 3.93. The van der Waals surface area contributed by atoms with E-state index in [2.05, 4.69) is 67.9 Å². The van der Waals surface area contributed by atoms with Crippen LogP contribution in [0, 0.1) is 5.41 Å². The third kappa shape index (κ3) is 8.07. The first-order chi connectivity index (χ1) is 9.93. The van der Waals surface area contributed by atoms with E-state index in [0.29, 0.717) is 0 Å². The van der Waals surface area contributed by atoms with Crippen molar-refractivity contribution in [2.75, 3.05) is 40.3 Å². The minimum absolute atomic E-state index is 0.180. The van der Waals surface area contributed by atoms with Gasteiger partial charge in [-0.2, -0.15) is 0 Å². The number of hydrogen-bond acceptors (Lipinski definition) is 3. The van der Waals surface area contributed by atoms with Crippen molar-refractivity contribution >= 4 is 17.3 Å². The number of nitrogens with zero attached hydrogens (tertiary/aromatic N) is 2. The molecule has 21 heavy (non-hydrogen) atoms. The lowest BCUT2D eigenvalue weighted by Gasteiger charge is -2.26. The van der Waals surface area contributed by atoms with Crippen LogP contribution in [-0.4, -0.2) is 51.1 Å². The molecule has 0 aliphatic carbocycles. The molecule has 0 unspecified atom stereocenters. The van der Waals surface area contributed by atoms with Gasteiger partial charge in [0.2, 0.25) is 0 Å². The lowest BCUT2D eigenvalue weighted by atomic mass is 9.93. The zero-order valence-electron chi connectivity index (χ0n) is 14.1. The fraction of sp³-hybridized carbons (Fsp3) is 0.688. The average molecular weight is 311 g/mol. The number of aliphatic imine (C=N–C) groups is 1. The molecule has 0 aromatic carbocycles. The Bertz CT molecular complexity index is 410. The highest BCUT2D eigenvalue weighted by Gasteiger charge is 2.18. The van der Waals surface area contributed by atoms with Crippen molar-refractivity contribution < 1.29 is 0 Å². The van der Waals surface area contributed by atoms with Crippen molar-refractivity contribution in [1.29, 1.82) is 0 Å². The van der Waals surface area contributed by atoms with E-state index < -0.39 is 0 Å². The van der Waals surface area contributed by atoms with E-state index in [4.69, 9.17) is 4.99 Å². The quantitative estimate of drug-likeness (QED) is 0.572. The van der Waals surface area contributed by atoms with Crippen LogP contribution >= 0.6 is 11.3 Å².